The summed E-state index contributed by atoms with van der Waals surface area (Å²) in [4.78, 5) is 18.9. The van der Waals surface area contributed by atoms with E-state index in [1.165, 1.54) is 6.20 Å². The maximum atomic E-state index is 11.8. The summed E-state index contributed by atoms with van der Waals surface area (Å²) in [5.74, 6) is 0.557. The Bertz CT molecular complexity index is 786. The number of aromatic nitrogens is 4. The maximum absolute atomic E-state index is 11.8. The number of H-pyrrole nitrogens is 1. The van der Waals surface area contributed by atoms with E-state index >= 15 is 0 Å². The summed E-state index contributed by atoms with van der Waals surface area (Å²) in [5.41, 5.74) is 1.27. The van der Waals surface area contributed by atoms with Gasteiger partial charge in [0.2, 0.25) is 0 Å². The predicted molar refractivity (Wildman–Crippen MR) is 77.8 cm³/mol. The molecule has 3 aromatic rings. The van der Waals surface area contributed by atoms with Crippen molar-refractivity contribution < 1.29 is 4.74 Å². The highest BCUT2D eigenvalue weighted by atomic mass is 16.5. The summed E-state index contributed by atoms with van der Waals surface area (Å²) >= 11 is 0. The van der Waals surface area contributed by atoms with Gasteiger partial charge in [0.1, 0.15) is 5.82 Å². The van der Waals surface area contributed by atoms with Crippen LogP contribution in [0.4, 0.5) is 0 Å². The van der Waals surface area contributed by atoms with Gasteiger partial charge >= 0.3 is 0 Å². The zero-order chi connectivity index (χ0) is 14.5. The van der Waals surface area contributed by atoms with Crippen LogP contribution in [0.25, 0.3) is 11.0 Å². The molecule has 2 heterocycles. The monoisotopic (exact) mass is 282 g/mol. The second-order valence-electron chi connectivity index (χ2n) is 4.57. The summed E-state index contributed by atoms with van der Waals surface area (Å²) in [6, 6.07) is 11.5. The third-order valence-corrected chi connectivity index (χ3v) is 3.04. The number of fused-ring (bicyclic) bond motifs is 1. The van der Waals surface area contributed by atoms with Gasteiger partial charge in [0.15, 0.2) is 5.65 Å². The molecule has 0 saturated heterocycles. The first kappa shape index (κ1) is 13.4. The van der Waals surface area contributed by atoms with Crippen LogP contribution in [0, 0.1) is 0 Å². The number of nitrogens with one attached hydrogen (secondary N) is 1. The minimum atomic E-state index is -0.201. The lowest BCUT2D eigenvalue weighted by atomic mass is 10.2. The smallest absolute Gasteiger partial charge is 0.260 e. The van der Waals surface area contributed by atoms with E-state index in [4.69, 9.17) is 4.74 Å². The topological polar surface area (TPSA) is 80.8 Å². The highest BCUT2D eigenvalue weighted by Crippen LogP contribution is 2.03. The van der Waals surface area contributed by atoms with Gasteiger partial charge in [-0.25, -0.2) is 4.98 Å². The fourth-order valence-electron chi connectivity index (χ4n) is 1.99. The summed E-state index contributed by atoms with van der Waals surface area (Å²) in [6.07, 6.45) is 2.00. The second-order valence-corrected chi connectivity index (χ2v) is 4.57. The van der Waals surface area contributed by atoms with Crippen LogP contribution in [0.2, 0.25) is 0 Å². The SMILES string of the molecule is O=c1[nH]c(CCOCc2ccccc2)nc2nnccc12. The minimum absolute atomic E-state index is 0.201. The van der Waals surface area contributed by atoms with Gasteiger partial charge in [-0.15, -0.1) is 5.10 Å². The molecule has 1 aromatic carbocycles. The average molecular weight is 282 g/mol. The van der Waals surface area contributed by atoms with Gasteiger partial charge in [0.05, 0.1) is 24.8 Å². The minimum Gasteiger partial charge on any atom is -0.376 e. The number of ether oxygens (including phenoxy) is 1. The third kappa shape index (κ3) is 3.29. The lowest BCUT2D eigenvalue weighted by Crippen LogP contribution is -2.14. The maximum Gasteiger partial charge on any atom is 0.260 e. The molecule has 0 spiro atoms. The molecule has 1 N–H and O–H groups in total. The Hall–Kier alpha value is -2.60. The standard InChI is InChI=1S/C15H14N4O2/c20-15-12-6-8-16-19-14(12)17-13(18-15)7-9-21-10-11-4-2-1-3-5-11/h1-6,8H,7,9-10H2,(H,17,18,19,20). The number of rotatable bonds is 5. The number of nitrogens with zero attached hydrogens (tertiary/aromatic N) is 3. The third-order valence-electron chi connectivity index (χ3n) is 3.04. The van der Waals surface area contributed by atoms with Crippen LogP contribution in [0.3, 0.4) is 0 Å². The van der Waals surface area contributed by atoms with Crippen molar-refractivity contribution in [3.05, 3.63) is 64.3 Å². The Morgan fingerprint density at radius 2 is 2.00 bits per heavy atom. The average Bonchev–Trinajstić information content (AvgIpc) is 2.53. The molecule has 0 bridgehead atoms. The highest BCUT2D eigenvalue weighted by molar-refractivity contribution is 5.71. The molecule has 0 fully saturated rings. The van der Waals surface area contributed by atoms with E-state index in [1.807, 2.05) is 30.3 Å². The first-order chi connectivity index (χ1) is 10.3. The van der Waals surface area contributed by atoms with E-state index in [0.717, 1.165) is 5.56 Å². The number of hydrogen-bond acceptors (Lipinski definition) is 5. The molecule has 6 heteroatoms. The molecule has 0 radical (unpaired) electrons. The van der Waals surface area contributed by atoms with E-state index in [0.29, 0.717) is 36.5 Å². The van der Waals surface area contributed by atoms with Crippen molar-refractivity contribution in [3.63, 3.8) is 0 Å². The van der Waals surface area contributed by atoms with E-state index in [1.54, 1.807) is 6.07 Å². The van der Waals surface area contributed by atoms with Crippen LogP contribution in [-0.2, 0) is 17.8 Å². The van der Waals surface area contributed by atoms with E-state index in [2.05, 4.69) is 20.2 Å². The van der Waals surface area contributed by atoms with Gasteiger partial charge in [-0.2, -0.15) is 5.10 Å². The quantitative estimate of drug-likeness (QED) is 0.717. The fourth-order valence-corrected chi connectivity index (χ4v) is 1.99. The summed E-state index contributed by atoms with van der Waals surface area (Å²) in [6.45, 7) is 1.02. The Labute approximate surface area is 120 Å². The molecule has 0 aliphatic heterocycles. The Morgan fingerprint density at radius 1 is 1.14 bits per heavy atom. The molecule has 21 heavy (non-hydrogen) atoms. The summed E-state index contributed by atoms with van der Waals surface area (Å²) in [5, 5.41) is 8.03. The van der Waals surface area contributed by atoms with Crippen molar-refractivity contribution in [3.8, 4) is 0 Å². The second kappa shape index (κ2) is 6.23. The molecule has 0 aliphatic carbocycles. The van der Waals surface area contributed by atoms with E-state index < -0.39 is 0 Å². The van der Waals surface area contributed by atoms with Crippen molar-refractivity contribution >= 4 is 11.0 Å². The molecule has 0 atom stereocenters. The van der Waals surface area contributed by atoms with Gasteiger partial charge < -0.3 is 9.72 Å². The molecule has 106 valence electrons. The van der Waals surface area contributed by atoms with Crippen LogP contribution in [0.5, 0.6) is 0 Å². The van der Waals surface area contributed by atoms with Crippen molar-refractivity contribution in [2.45, 2.75) is 13.0 Å². The van der Waals surface area contributed by atoms with Gasteiger partial charge in [0.25, 0.3) is 5.56 Å². The molecule has 0 aliphatic rings. The highest BCUT2D eigenvalue weighted by Gasteiger charge is 2.04. The Kier molecular flexibility index (Phi) is 3.97. The molecule has 0 unspecified atom stereocenters. The van der Waals surface area contributed by atoms with Gasteiger partial charge in [-0.1, -0.05) is 30.3 Å². The molecule has 6 nitrogen and oxygen atoms in total. The molecule has 0 saturated carbocycles. The largest absolute Gasteiger partial charge is 0.376 e. The summed E-state index contributed by atoms with van der Waals surface area (Å²) in [7, 11) is 0. The molecule has 3 rings (SSSR count). The van der Waals surface area contributed by atoms with Gasteiger partial charge in [-0.05, 0) is 11.6 Å². The summed E-state index contributed by atoms with van der Waals surface area (Å²) < 4.78 is 5.58. The lowest BCUT2D eigenvalue weighted by molar-refractivity contribution is 0.122. The van der Waals surface area contributed by atoms with E-state index in [-0.39, 0.29) is 5.56 Å². The van der Waals surface area contributed by atoms with E-state index in [9.17, 15) is 4.79 Å². The number of aromatic amines is 1. The predicted octanol–water partition coefficient (Wildman–Crippen LogP) is 1.47. The Balaban J connectivity index is 1.62. The molecule has 2 aromatic heterocycles. The number of hydrogen-bond donors (Lipinski definition) is 1. The van der Waals surface area contributed by atoms with Gasteiger partial charge in [0, 0.05) is 6.42 Å². The van der Waals surface area contributed by atoms with Crippen molar-refractivity contribution in [1.82, 2.24) is 20.2 Å². The Morgan fingerprint density at radius 3 is 2.86 bits per heavy atom. The first-order valence-corrected chi connectivity index (χ1v) is 6.65. The van der Waals surface area contributed by atoms with Crippen LogP contribution in [0.1, 0.15) is 11.4 Å². The van der Waals surface area contributed by atoms with Crippen LogP contribution >= 0.6 is 0 Å². The first-order valence-electron chi connectivity index (χ1n) is 6.65. The van der Waals surface area contributed by atoms with Crippen LogP contribution < -0.4 is 5.56 Å². The fraction of sp³-hybridized carbons (Fsp3) is 0.200. The van der Waals surface area contributed by atoms with Crippen LogP contribution in [-0.4, -0.2) is 26.8 Å². The zero-order valence-electron chi connectivity index (χ0n) is 11.3. The van der Waals surface area contributed by atoms with Crippen LogP contribution in [0.15, 0.2) is 47.4 Å². The van der Waals surface area contributed by atoms with Crippen molar-refractivity contribution in [2.24, 2.45) is 0 Å². The lowest BCUT2D eigenvalue weighted by Gasteiger charge is -2.04. The zero-order valence-corrected chi connectivity index (χ0v) is 11.3. The number of benzene rings is 1. The molecule has 0 amide bonds. The van der Waals surface area contributed by atoms with Gasteiger partial charge in [-0.3, -0.25) is 4.79 Å². The normalized spacial score (nSPS) is 10.9. The van der Waals surface area contributed by atoms with Crippen molar-refractivity contribution in [1.29, 1.82) is 0 Å². The van der Waals surface area contributed by atoms with Crippen molar-refractivity contribution in [2.75, 3.05) is 6.61 Å². The molecular formula is C15H14N4O2. The molecular weight excluding hydrogens is 268 g/mol.